The summed E-state index contributed by atoms with van der Waals surface area (Å²) in [5, 5.41) is 10.7. The molecule has 0 radical (unpaired) electrons. The second-order valence-electron chi connectivity index (χ2n) is 4.67. The molecule has 0 aromatic heterocycles. The third kappa shape index (κ3) is 3.67. The van der Waals surface area contributed by atoms with Gasteiger partial charge < -0.3 is 4.90 Å². The van der Waals surface area contributed by atoms with Crippen LogP contribution in [0.2, 0.25) is 0 Å². The van der Waals surface area contributed by atoms with Crippen molar-refractivity contribution in [1.82, 2.24) is 0 Å². The molecule has 0 spiro atoms. The number of carbonyl (C=O) groups is 1. The number of hydrogen-bond acceptors (Lipinski definition) is 5. The van der Waals surface area contributed by atoms with Crippen molar-refractivity contribution in [3.05, 3.63) is 34.1 Å². The van der Waals surface area contributed by atoms with Crippen LogP contribution in [0.4, 0.5) is 15.8 Å². The van der Waals surface area contributed by atoms with E-state index in [1.54, 1.807) is 0 Å². The Hall–Kier alpha value is -1.74. The summed E-state index contributed by atoms with van der Waals surface area (Å²) in [6.07, 6.45) is -0.0306. The van der Waals surface area contributed by atoms with Gasteiger partial charge in [-0.05, 0) is 12.1 Å². The van der Waals surface area contributed by atoms with Crippen molar-refractivity contribution in [2.45, 2.75) is 6.42 Å². The molecule has 1 amide bonds. The minimum Gasteiger partial charge on any atom is -0.312 e. The van der Waals surface area contributed by atoms with E-state index in [0.717, 1.165) is 12.1 Å². The van der Waals surface area contributed by atoms with E-state index >= 15 is 0 Å². The molecule has 1 saturated heterocycles. The Morgan fingerprint density at radius 2 is 2.14 bits per heavy atom. The Balaban J connectivity index is 2.25. The van der Waals surface area contributed by atoms with Crippen molar-refractivity contribution in [2.75, 3.05) is 17.2 Å². The van der Waals surface area contributed by atoms with Gasteiger partial charge >= 0.3 is 5.69 Å². The van der Waals surface area contributed by atoms with Gasteiger partial charge in [0, 0.05) is 35.6 Å². The normalized spacial score (nSPS) is 19.0. The minimum absolute atomic E-state index is 0.0306. The average Bonchev–Trinajstić information content (AvgIpc) is 2.68. The van der Waals surface area contributed by atoms with E-state index in [1.165, 1.54) is 11.0 Å². The fourth-order valence-electron chi connectivity index (χ4n) is 2.23. The second-order valence-corrected chi connectivity index (χ2v) is 7.49. The summed E-state index contributed by atoms with van der Waals surface area (Å²) in [7, 11) is 1.41. The topological polar surface area (TPSA) is 97.6 Å². The fraction of sp³-hybridized carbons (Fsp3) is 0.364. The molecular weight excluding hydrogens is 327 g/mol. The number of hydrogen-bond donors (Lipinski definition) is 0. The first-order valence-electron chi connectivity index (χ1n) is 5.84. The standard InChI is InChI=1S/C11H10ClFN2O5S/c12-21(19,20)6-7-3-11(16)14(5-7)8-1-2-9(13)10(4-8)15(17)18/h1-2,4,7H,3,5-6H2. The molecule has 21 heavy (non-hydrogen) atoms. The maximum Gasteiger partial charge on any atom is 0.306 e. The highest BCUT2D eigenvalue weighted by molar-refractivity contribution is 8.13. The van der Waals surface area contributed by atoms with Gasteiger partial charge in [0.25, 0.3) is 0 Å². The van der Waals surface area contributed by atoms with Gasteiger partial charge in [0.1, 0.15) is 0 Å². The van der Waals surface area contributed by atoms with Crippen LogP contribution in [0.1, 0.15) is 6.42 Å². The summed E-state index contributed by atoms with van der Waals surface area (Å²) in [5.74, 6) is -2.25. The fourth-order valence-corrected chi connectivity index (χ4v) is 3.55. The van der Waals surface area contributed by atoms with E-state index in [2.05, 4.69) is 0 Å². The average molecular weight is 337 g/mol. The molecule has 1 fully saturated rings. The number of halogens is 2. The van der Waals surface area contributed by atoms with Crippen LogP contribution in [-0.4, -0.2) is 31.5 Å². The molecule has 1 aromatic carbocycles. The highest BCUT2D eigenvalue weighted by Crippen LogP contribution is 2.30. The molecule has 0 aliphatic carbocycles. The van der Waals surface area contributed by atoms with E-state index in [4.69, 9.17) is 10.7 Å². The van der Waals surface area contributed by atoms with Crippen LogP contribution >= 0.6 is 10.7 Å². The summed E-state index contributed by atoms with van der Waals surface area (Å²) in [6, 6.07) is 3.08. The maximum atomic E-state index is 13.3. The molecule has 1 aliphatic heterocycles. The third-order valence-electron chi connectivity index (χ3n) is 3.08. The maximum absolute atomic E-state index is 13.3. The van der Waals surface area contributed by atoms with Crippen LogP contribution in [0.5, 0.6) is 0 Å². The summed E-state index contributed by atoms with van der Waals surface area (Å²) < 4.78 is 35.3. The minimum atomic E-state index is -3.74. The van der Waals surface area contributed by atoms with Crippen molar-refractivity contribution in [3.63, 3.8) is 0 Å². The SMILES string of the molecule is O=C1CC(CS(=O)(=O)Cl)CN1c1ccc(F)c([N+](=O)[O-])c1. The van der Waals surface area contributed by atoms with Crippen molar-refractivity contribution < 1.29 is 22.5 Å². The van der Waals surface area contributed by atoms with Gasteiger partial charge in [-0.3, -0.25) is 14.9 Å². The van der Waals surface area contributed by atoms with Crippen LogP contribution in [0, 0.1) is 21.8 Å². The lowest BCUT2D eigenvalue weighted by Crippen LogP contribution is -2.25. The van der Waals surface area contributed by atoms with Crippen molar-refractivity contribution in [1.29, 1.82) is 0 Å². The number of benzene rings is 1. The third-order valence-corrected chi connectivity index (χ3v) is 4.33. The number of rotatable bonds is 4. The Kier molecular flexibility index (Phi) is 4.15. The molecule has 7 nitrogen and oxygen atoms in total. The second kappa shape index (κ2) is 5.57. The monoisotopic (exact) mass is 336 g/mol. The zero-order valence-electron chi connectivity index (χ0n) is 10.5. The van der Waals surface area contributed by atoms with Crippen LogP contribution in [-0.2, 0) is 13.8 Å². The Bertz CT molecular complexity index is 709. The molecule has 0 saturated carbocycles. The first kappa shape index (κ1) is 15.6. The number of nitrogens with zero attached hydrogens (tertiary/aromatic N) is 2. The summed E-state index contributed by atoms with van der Waals surface area (Å²) in [4.78, 5) is 22.9. The summed E-state index contributed by atoms with van der Waals surface area (Å²) in [6.45, 7) is 0.0631. The number of carbonyl (C=O) groups excluding carboxylic acids is 1. The van der Waals surface area contributed by atoms with Gasteiger partial charge in [0.15, 0.2) is 0 Å². The Morgan fingerprint density at radius 3 is 2.71 bits per heavy atom. The van der Waals surface area contributed by atoms with E-state index in [0.29, 0.717) is 0 Å². The molecule has 1 unspecified atom stereocenters. The van der Waals surface area contributed by atoms with Gasteiger partial charge in [0.2, 0.25) is 20.8 Å². The number of nitro groups is 1. The lowest BCUT2D eigenvalue weighted by atomic mass is 10.1. The zero-order chi connectivity index (χ0) is 15.8. The van der Waals surface area contributed by atoms with E-state index in [-0.39, 0.29) is 30.3 Å². The smallest absolute Gasteiger partial charge is 0.306 e. The van der Waals surface area contributed by atoms with Crippen molar-refractivity contribution in [2.24, 2.45) is 5.92 Å². The molecule has 2 rings (SSSR count). The first-order valence-corrected chi connectivity index (χ1v) is 8.32. The largest absolute Gasteiger partial charge is 0.312 e. The summed E-state index contributed by atoms with van der Waals surface area (Å²) >= 11 is 0. The van der Waals surface area contributed by atoms with Crippen molar-refractivity contribution in [3.8, 4) is 0 Å². The molecule has 0 N–H and O–H groups in total. The molecule has 114 valence electrons. The van der Waals surface area contributed by atoms with E-state index < -0.39 is 31.4 Å². The Labute approximate surface area is 123 Å². The molecule has 1 heterocycles. The van der Waals surface area contributed by atoms with Gasteiger partial charge in [-0.1, -0.05) is 0 Å². The number of nitro benzene ring substituents is 1. The zero-order valence-corrected chi connectivity index (χ0v) is 12.1. The van der Waals surface area contributed by atoms with E-state index in [1.807, 2.05) is 0 Å². The van der Waals surface area contributed by atoms with Crippen LogP contribution in [0.15, 0.2) is 18.2 Å². The molecule has 10 heteroatoms. The lowest BCUT2D eigenvalue weighted by Gasteiger charge is -2.16. The van der Waals surface area contributed by atoms with Gasteiger partial charge in [-0.25, -0.2) is 8.42 Å². The highest BCUT2D eigenvalue weighted by Gasteiger charge is 2.34. The van der Waals surface area contributed by atoms with Crippen molar-refractivity contribution >= 4 is 37.0 Å². The Morgan fingerprint density at radius 1 is 1.48 bits per heavy atom. The predicted octanol–water partition coefficient (Wildman–Crippen LogP) is 1.66. The van der Waals surface area contributed by atoms with Gasteiger partial charge in [-0.15, -0.1) is 0 Å². The summed E-state index contributed by atoms with van der Waals surface area (Å²) in [5.41, 5.74) is -0.587. The molecule has 1 atom stereocenters. The molecule has 1 aromatic rings. The van der Waals surface area contributed by atoms with E-state index in [9.17, 15) is 27.7 Å². The first-order chi connectivity index (χ1) is 9.67. The number of amides is 1. The van der Waals surface area contributed by atoms with Gasteiger partial charge in [-0.2, -0.15) is 4.39 Å². The van der Waals surface area contributed by atoms with Crippen LogP contribution < -0.4 is 4.90 Å². The van der Waals surface area contributed by atoms with Crippen LogP contribution in [0.3, 0.4) is 0 Å². The molecule has 0 bridgehead atoms. The predicted molar refractivity (Wildman–Crippen MR) is 73.2 cm³/mol. The van der Waals surface area contributed by atoms with Gasteiger partial charge in [0.05, 0.1) is 16.4 Å². The highest BCUT2D eigenvalue weighted by atomic mass is 35.7. The molecule has 1 aliphatic rings. The number of anilines is 1. The lowest BCUT2D eigenvalue weighted by molar-refractivity contribution is -0.387. The quantitative estimate of drug-likeness (QED) is 0.473. The molecular formula is C11H10ClFN2O5S. The van der Waals surface area contributed by atoms with Crippen LogP contribution in [0.25, 0.3) is 0 Å².